The topological polar surface area (TPSA) is 58.9 Å². The van der Waals surface area contributed by atoms with E-state index in [1.807, 2.05) is 6.07 Å². The smallest absolute Gasteiger partial charge is 0.142 e. The summed E-state index contributed by atoms with van der Waals surface area (Å²) in [6.07, 6.45) is 1.80. The fourth-order valence-corrected chi connectivity index (χ4v) is 1.21. The third-order valence-electron chi connectivity index (χ3n) is 1.97. The van der Waals surface area contributed by atoms with Crippen LogP contribution in [0.2, 0.25) is 0 Å². The minimum Gasteiger partial charge on any atom is -0.507 e. The van der Waals surface area contributed by atoms with Gasteiger partial charge in [-0.05, 0) is 18.5 Å². The number of hydrogen-bond donors (Lipinski definition) is 1. The first-order valence-electron chi connectivity index (χ1n) is 4.48. The zero-order chi connectivity index (χ0) is 10.7. The van der Waals surface area contributed by atoms with Gasteiger partial charge in [0.25, 0.3) is 0 Å². The minimum atomic E-state index is 0.161. The predicted octanol–water partition coefficient (Wildman–Crippen LogP) is 0.913. The molecule has 0 aliphatic rings. The van der Waals surface area contributed by atoms with E-state index in [2.05, 4.69) is 15.2 Å². The molecule has 2 radical (unpaired) electrons. The second kappa shape index (κ2) is 4.08. The maximum absolute atomic E-state index is 9.57. The van der Waals surface area contributed by atoms with Crippen molar-refractivity contribution in [1.29, 1.82) is 0 Å². The average Bonchev–Trinajstić information content (AvgIpc) is 2.30. The van der Waals surface area contributed by atoms with Crippen LogP contribution in [-0.4, -0.2) is 28.1 Å². The highest BCUT2D eigenvalue weighted by Gasteiger charge is 2.05. The van der Waals surface area contributed by atoms with Crippen molar-refractivity contribution in [1.82, 2.24) is 15.2 Å². The molecule has 0 unspecified atom stereocenters. The molecule has 1 aromatic heterocycles. The molecular weight excluding hydrogens is 189 g/mol. The monoisotopic (exact) mass is 197 g/mol. The van der Waals surface area contributed by atoms with E-state index in [0.717, 1.165) is 0 Å². The highest BCUT2D eigenvalue weighted by molar-refractivity contribution is 6.07. The van der Waals surface area contributed by atoms with Crippen molar-refractivity contribution in [2.45, 2.75) is 6.32 Å². The Morgan fingerprint density at radius 3 is 2.60 bits per heavy atom. The summed E-state index contributed by atoms with van der Waals surface area (Å²) in [4.78, 5) is 4.00. The van der Waals surface area contributed by atoms with Crippen LogP contribution < -0.4 is 0 Å². The van der Waals surface area contributed by atoms with Gasteiger partial charge in [-0.15, -0.1) is 10.2 Å². The predicted molar refractivity (Wildman–Crippen MR) is 56.4 cm³/mol. The molecule has 1 aromatic carbocycles. The summed E-state index contributed by atoms with van der Waals surface area (Å²) in [6, 6.07) is 6.90. The summed E-state index contributed by atoms with van der Waals surface area (Å²) in [5.74, 6) is 0.642. The second-order valence-electron chi connectivity index (χ2n) is 2.98. The summed E-state index contributed by atoms with van der Waals surface area (Å²) in [5.41, 5.74) is 1.14. The fourth-order valence-electron chi connectivity index (χ4n) is 1.21. The number of para-hydroxylation sites is 1. The maximum Gasteiger partial charge on any atom is 0.142 e. The minimum absolute atomic E-state index is 0.161. The van der Waals surface area contributed by atoms with Gasteiger partial charge in [0.1, 0.15) is 17.3 Å². The van der Waals surface area contributed by atoms with Crippen LogP contribution in [0.3, 0.4) is 0 Å². The quantitative estimate of drug-likeness (QED) is 0.727. The van der Waals surface area contributed by atoms with E-state index in [1.165, 1.54) is 0 Å². The third kappa shape index (κ3) is 1.96. The summed E-state index contributed by atoms with van der Waals surface area (Å²) in [7, 11) is 5.35. The Labute approximate surface area is 88.4 Å². The zero-order valence-electron chi connectivity index (χ0n) is 7.96. The van der Waals surface area contributed by atoms with Crippen molar-refractivity contribution >= 4 is 7.85 Å². The van der Waals surface area contributed by atoms with E-state index in [9.17, 15) is 5.11 Å². The van der Waals surface area contributed by atoms with Crippen LogP contribution in [0, 0.1) is 0 Å². The van der Waals surface area contributed by atoms with Crippen LogP contribution in [0.4, 0.5) is 0 Å². The molecule has 2 rings (SSSR count). The van der Waals surface area contributed by atoms with Gasteiger partial charge in [0.05, 0.1) is 14.0 Å². The normalized spacial score (nSPS) is 10.1. The summed E-state index contributed by atoms with van der Waals surface area (Å²) < 4.78 is 0. The molecule has 0 bridgehead atoms. The van der Waals surface area contributed by atoms with E-state index < -0.39 is 0 Å². The van der Waals surface area contributed by atoms with Crippen molar-refractivity contribution in [3.05, 3.63) is 36.3 Å². The Morgan fingerprint density at radius 1 is 1.20 bits per heavy atom. The lowest BCUT2D eigenvalue weighted by Crippen LogP contribution is -1.98. The van der Waals surface area contributed by atoms with E-state index in [-0.39, 0.29) is 12.1 Å². The van der Waals surface area contributed by atoms with E-state index >= 15 is 0 Å². The fraction of sp³-hybridized carbons (Fsp3) is 0.100. The molecule has 0 aliphatic heterocycles. The van der Waals surface area contributed by atoms with Crippen molar-refractivity contribution in [2.75, 3.05) is 0 Å². The Morgan fingerprint density at radius 2 is 2.00 bits per heavy atom. The first kappa shape index (κ1) is 9.64. The van der Waals surface area contributed by atoms with Crippen LogP contribution >= 0.6 is 0 Å². The van der Waals surface area contributed by atoms with Crippen LogP contribution in [-0.2, 0) is 6.32 Å². The molecule has 1 heterocycles. The van der Waals surface area contributed by atoms with E-state index in [4.69, 9.17) is 7.85 Å². The Kier molecular flexibility index (Phi) is 2.62. The number of rotatable bonds is 2. The summed E-state index contributed by atoms with van der Waals surface area (Å²) >= 11 is 0. The van der Waals surface area contributed by atoms with Crippen LogP contribution in [0.1, 0.15) is 5.82 Å². The van der Waals surface area contributed by atoms with Gasteiger partial charge in [-0.3, -0.25) is 0 Å². The zero-order valence-corrected chi connectivity index (χ0v) is 7.96. The van der Waals surface area contributed by atoms with Gasteiger partial charge in [-0.1, -0.05) is 12.1 Å². The largest absolute Gasteiger partial charge is 0.507 e. The SMILES string of the molecule is [B]Cc1ncc(-c2ccccc2O)nn1. The highest BCUT2D eigenvalue weighted by atomic mass is 16.3. The molecule has 0 fully saturated rings. The number of phenols is 1. The molecule has 0 saturated carbocycles. The highest BCUT2D eigenvalue weighted by Crippen LogP contribution is 2.25. The molecule has 1 N–H and O–H groups in total. The lowest BCUT2D eigenvalue weighted by molar-refractivity contribution is 0.477. The molecule has 15 heavy (non-hydrogen) atoms. The number of phenolic OH excluding ortho intramolecular Hbond substituents is 1. The molecule has 0 saturated heterocycles. The lowest BCUT2D eigenvalue weighted by Gasteiger charge is -2.02. The third-order valence-corrected chi connectivity index (χ3v) is 1.97. The van der Waals surface area contributed by atoms with Gasteiger partial charge < -0.3 is 5.11 Å². The molecule has 0 aliphatic carbocycles. The average molecular weight is 197 g/mol. The number of aromatic hydroxyl groups is 1. The number of hydrogen-bond acceptors (Lipinski definition) is 4. The molecule has 2 aromatic rings. The van der Waals surface area contributed by atoms with Crippen molar-refractivity contribution in [3.8, 4) is 17.0 Å². The van der Waals surface area contributed by atoms with Gasteiger partial charge in [-0.25, -0.2) is 4.98 Å². The van der Waals surface area contributed by atoms with Crippen molar-refractivity contribution in [3.63, 3.8) is 0 Å². The number of aromatic nitrogens is 3. The van der Waals surface area contributed by atoms with Crippen LogP contribution in [0.15, 0.2) is 30.5 Å². The summed E-state index contributed by atoms with van der Waals surface area (Å²) in [5, 5.41) is 17.3. The molecular formula is C10H8BN3O. The molecule has 4 nitrogen and oxygen atoms in total. The first-order chi connectivity index (χ1) is 7.31. The molecule has 0 spiro atoms. The van der Waals surface area contributed by atoms with Crippen molar-refractivity contribution < 1.29 is 5.11 Å². The molecule has 0 amide bonds. The van der Waals surface area contributed by atoms with Crippen LogP contribution in [0.25, 0.3) is 11.3 Å². The van der Waals surface area contributed by atoms with Gasteiger partial charge in [-0.2, -0.15) is 0 Å². The van der Waals surface area contributed by atoms with Gasteiger partial charge in [0.15, 0.2) is 0 Å². The Balaban J connectivity index is 2.42. The van der Waals surface area contributed by atoms with Gasteiger partial charge >= 0.3 is 0 Å². The molecule has 72 valence electrons. The van der Waals surface area contributed by atoms with E-state index in [0.29, 0.717) is 17.1 Å². The van der Waals surface area contributed by atoms with Gasteiger partial charge in [0.2, 0.25) is 0 Å². The van der Waals surface area contributed by atoms with Crippen molar-refractivity contribution in [2.24, 2.45) is 0 Å². The number of nitrogens with zero attached hydrogens (tertiary/aromatic N) is 3. The number of benzene rings is 1. The molecule has 0 atom stereocenters. The Bertz CT molecular complexity index is 458. The first-order valence-corrected chi connectivity index (χ1v) is 4.48. The van der Waals surface area contributed by atoms with Gasteiger partial charge in [0, 0.05) is 5.56 Å². The second-order valence-corrected chi connectivity index (χ2v) is 2.98. The van der Waals surface area contributed by atoms with Crippen LogP contribution in [0.5, 0.6) is 5.75 Å². The maximum atomic E-state index is 9.57. The molecule has 5 heteroatoms. The standard InChI is InChI=1S/C10H8BN3O/c11-5-10-12-6-8(13-14-10)7-3-1-2-4-9(7)15/h1-4,6,15H,5H2. The Hall–Kier alpha value is -1.91. The lowest BCUT2D eigenvalue weighted by atomic mass is 10.1. The van der Waals surface area contributed by atoms with E-state index in [1.54, 1.807) is 24.4 Å². The summed E-state index contributed by atoms with van der Waals surface area (Å²) in [6.45, 7) is 0.